The highest BCUT2D eigenvalue weighted by molar-refractivity contribution is 8.00. The maximum Gasteiger partial charge on any atom is 0.272 e. The zero-order chi connectivity index (χ0) is 37.3. The van der Waals surface area contributed by atoms with Gasteiger partial charge in [0.25, 0.3) is 11.8 Å². The fourth-order valence-electron chi connectivity index (χ4n) is 5.23. The molecule has 0 bridgehead atoms. The summed E-state index contributed by atoms with van der Waals surface area (Å²) in [5.74, 6) is -0.752. The molecule has 0 saturated carbocycles. The summed E-state index contributed by atoms with van der Waals surface area (Å²) >= 11 is 15.0. The summed E-state index contributed by atoms with van der Waals surface area (Å²) in [5, 5.41) is 11.3. The summed E-state index contributed by atoms with van der Waals surface area (Å²) in [4.78, 5) is 45.9. The minimum Gasteiger partial charge on any atom is -0.321 e. The number of nitrogens with one attached hydrogen (secondary N) is 3. The lowest BCUT2D eigenvalue weighted by Crippen LogP contribution is -2.30. The van der Waals surface area contributed by atoms with E-state index in [0.717, 1.165) is 21.6 Å². The molecule has 1 unspecified atom stereocenters. The number of anilines is 2. The third-order valence-electron chi connectivity index (χ3n) is 8.10. The predicted molar refractivity (Wildman–Crippen MR) is 219 cm³/mol. The number of nitrogens with zero attached hydrogens (tertiary/aromatic N) is 1. The number of rotatable bonds is 12. The van der Waals surface area contributed by atoms with Gasteiger partial charge in [0.15, 0.2) is 5.13 Å². The largest absolute Gasteiger partial charge is 0.321 e. The van der Waals surface area contributed by atoms with Crippen LogP contribution in [0.2, 0.25) is 10.0 Å². The maximum atomic E-state index is 13.7. The van der Waals surface area contributed by atoms with Crippen molar-refractivity contribution in [3.05, 3.63) is 171 Å². The average molecular weight is 778 g/mol. The van der Waals surface area contributed by atoms with Crippen LogP contribution in [0, 0.1) is 0 Å². The van der Waals surface area contributed by atoms with Crippen molar-refractivity contribution in [2.24, 2.45) is 0 Å². The molecule has 266 valence electrons. The number of benzene rings is 5. The van der Waals surface area contributed by atoms with Gasteiger partial charge < -0.3 is 16.0 Å². The van der Waals surface area contributed by atoms with Gasteiger partial charge in [-0.05, 0) is 77.2 Å². The van der Waals surface area contributed by atoms with E-state index in [1.165, 1.54) is 28.7 Å². The van der Waals surface area contributed by atoms with E-state index in [0.29, 0.717) is 38.0 Å². The number of carbonyl (C=O) groups is 3. The SMILES string of the molecule is CC(C)c1ccc(/C=C(\NC(=O)c2ccccc2)C(=O)Nc2ccc(SC(C(=O)Nc3nc(-c4ccc(Cl)c(Cl)c4)cs3)c3ccccc3)cc2)cc1. The van der Waals surface area contributed by atoms with Crippen LogP contribution in [0.3, 0.4) is 0 Å². The third-order valence-corrected chi connectivity index (χ3v) is 10.9. The number of thioether (sulfide) groups is 1. The molecule has 5 aromatic carbocycles. The predicted octanol–water partition coefficient (Wildman–Crippen LogP) is 11.1. The lowest BCUT2D eigenvalue weighted by molar-refractivity contribution is -0.116. The van der Waals surface area contributed by atoms with E-state index in [4.69, 9.17) is 23.2 Å². The first-order chi connectivity index (χ1) is 25.6. The molecule has 0 spiro atoms. The second-order valence-corrected chi connectivity index (χ2v) is 15.1. The maximum absolute atomic E-state index is 13.7. The van der Waals surface area contributed by atoms with E-state index in [1.54, 1.807) is 54.6 Å². The Morgan fingerprint density at radius 3 is 2.09 bits per heavy atom. The Hall–Kier alpha value is -5.19. The van der Waals surface area contributed by atoms with Crippen LogP contribution in [-0.4, -0.2) is 22.7 Å². The molecule has 6 aromatic rings. The van der Waals surface area contributed by atoms with E-state index in [9.17, 15) is 14.4 Å². The fourth-order valence-corrected chi connectivity index (χ4v) is 7.27. The molecule has 7 nitrogen and oxygen atoms in total. The molecule has 0 aliphatic heterocycles. The number of halogens is 2. The summed E-state index contributed by atoms with van der Waals surface area (Å²) in [6.45, 7) is 4.23. The first-order valence-electron chi connectivity index (χ1n) is 16.7. The molecule has 6 rings (SSSR count). The van der Waals surface area contributed by atoms with Gasteiger partial charge in [0.05, 0.1) is 15.7 Å². The van der Waals surface area contributed by atoms with Gasteiger partial charge in [-0.1, -0.05) is 116 Å². The van der Waals surface area contributed by atoms with Gasteiger partial charge in [-0.2, -0.15) is 0 Å². The molecule has 1 heterocycles. The van der Waals surface area contributed by atoms with E-state index < -0.39 is 17.1 Å². The van der Waals surface area contributed by atoms with Crippen LogP contribution in [0.1, 0.15) is 52.1 Å². The quantitative estimate of drug-likeness (QED) is 0.0849. The smallest absolute Gasteiger partial charge is 0.272 e. The Kier molecular flexibility index (Phi) is 12.4. The van der Waals surface area contributed by atoms with Crippen molar-refractivity contribution in [2.45, 2.75) is 29.9 Å². The minimum absolute atomic E-state index is 0.0971. The topological polar surface area (TPSA) is 100 Å². The lowest BCUT2D eigenvalue weighted by Gasteiger charge is -2.17. The van der Waals surface area contributed by atoms with Gasteiger partial charge in [0.1, 0.15) is 10.9 Å². The molecule has 53 heavy (non-hydrogen) atoms. The van der Waals surface area contributed by atoms with Crippen molar-refractivity contribution in [3.63, 3.8) is 0 Å². The molecule has 11 heteroatoms. The van der Waals surface area contributed by atoms with Crippen molar-refractivity contribution in [2.75, 3.05) is 10.6 Å². The van der Waals surface area contributed by atoms with E-state index in [-0.39, 0.29) is 11.6 Å². The number of thiazole rings is 1. The Labute approximate surface area is 326 Å². The van der Waals surface area contributed by atoms with Gasteiger partial charge in [-0.25, -0.2) is 4.98 Å². The van der Waals surface area contributed by atoms with Crippen molar-refractivity contribution in [1.29, 1.82) is 0 Å². The molecule has 0 radical (unpaired) electrons. The highest BCUT2D eigenvalue weighted by atomic mass is 35.5. The Bertz CT molecular complexity index is 2240. The normalized spacial score (nSPS) is 11.9. The molecule has 0 fully saturated rings. The van der Waals surface area contributed by atoms with E-state index >= 15 is 0 Å². The lowest BCUT2D eigenvalue weighted by atomic mass is 10.0. The van der Waals surface area contributed by atoms with Crippen LogP contribution in [0.5, 0.6) is 0 Å². The molecule has 0 aliphatic rings. The van der Waals surface area contributed by atoms with Crippen molar-refractivity contribution in [3.8, 4) is 11.3 Å². The number of carbonyl (C=O) groups excluding carboxylic acids is 3. The van der Waals surface area contributed by atoms with Crippen LogP contribution in [0.25, 0.3) is 17.3 Å². The van der Waals surface area contributed by atoms with Crippen molar-refractivity contribution >= 4 is 80.9 Å². The van der Waals surface area contributed by atoms with Crippen LogP contribution < -0.4 is 16.0 Å². The first-order valence-corrected chi connectivity index (χ1v) is 19.2. The molecule has 1 atom stereocenters. The van der Waals surface area contributed by atoms with Crippen LogP contribution in [-0.2, 0) is 9.59 Å². The van der Waals surface area contributed by atoms with Crippen molar-refractivity contribution in [1.82, 2.24) is 10.3 Å². The van der Waals surface area contributed by atoms with Gasteiger partial charge in [0.2, 0.25) is 5.91 Å². The summed E-state index contributed by atoms with van der Waals surface area (Å²) in [6.07, 6.45) is 1.66. The zero-order valence-corrected chi connectivity index (χ0v) is 31.8. The first kappa shape index (κ1) is 37.6. The number of hydrogen-bond donors (Lipinski definition) is 3. The molecular formula is C42H34Cl2N4O3S2. The number of amides is 3. The standard InChI is InChI=1S/C42H34Cl2N4O3S2/c1-26(2)28-15-13-27(14-16-28)23-36(46-39(49)30-11-7-4-8-12-30)40(50)45-32-18-20-33(21-19-32)53-38(29-9-5-3-6-10-29)41(51)48-42-47-37(25-52-42)31-17-22-34(43)35(44)24-31/h3-26,38H,1-2H3,(H,45,50)(H,46,49)(H,47,48,51)/b36-23-. The Morgan fingerprint density at radius 2 is 1.43 bits per heavy atom. The monoisotopic (exact) mass is 776 g/mol. The molecule has 1 aromatic heterocycles. The summed E-state index contributed by atoms with van der Waals surface area (Å²) in [7, 11) is 0. The van der Waals surface area contributed by atoms with Gasteiger partial charge >= 0.3 is 0 Å². The third kappa shape index (κ3) is 10.0. The van der Waals surface area contributed by atoms with Gasteiger partial charge in [-0.15, -0.1) is 23.1 Å². The molecule has 3 amide bonds. The van der Waals surface area contributed by atoms with E-state index in [2.05, 4.69) is 34.8 Å². The highest BCUT2D eigenvalue weighted by Gasteiger charge is 2.24. The molecule has 0 saturated heterocycles. The van der Waals surface area contributed by atoms with Gasteiger partial charge in [-0.3, -0.25) is 14.4 Å². The molecular weight excluding hydrogens is 744 g/mol. The van der Waals surface area contributed by atoms with Crippen LogP contribution in [0.15, 0.2) is 143 Å². The van der Waals surface area contributed by atoms with Crippen LogP contribution >= 0.6 is 46.3 Å². The Morgan fingerprint density at radius 1 is 0.755 bits per heavy atom. The second kappa shape index (κ2) is 17.6. The van der Waals surface area contributed by atoms with Crippen LogP contribution in [0.4, 0.5) is 10.8 Å². The number of hydrogen-bond acceptors (Lipinski definition) is 6. The molecule has 0 aliphatic carbocycles. The second-order valence-electron chi connectivity index (χ2n) is 12.2. The highest BCUT2D eigenvalue weighted by Crippen LogP contribution is 2.38. The van der Waals surface area contributed by atoms with Gasteiger partial charge in [0, 0.05) is 27.1 Å². The minimum atomic E-state index is -0.598. The summed E-state index contributed by atoms with van der Waals surface area (Å²) in [5.41, 5.74) is 5.27. The summed E-state index contributed by atoms with van der Waals surface area (Å²) in [6, 6.07) is 38.6. The Balaban J connectivity index is 1.17. The molecule has 3 N–H and O–H groups in total. The van der Waals surface area contributed by atoms with E-state index in [1.807, 2.05) is 84.2 Å². The van der Waals surface area contributed by atoms with Crippen molar-refractivity contribution < 1.29 is 14.4 Å². The summed E-state index contributed by atoms with van der Waals surface area (Å²) < 4.78 is 0. The fraction of sp³-hybridized carbons (Fsp3) is 0.0952. The average Bonchev–Trinajstić information content (AvgIpc) is 3.64. The zero-order valence-electron chi connectivity index (χ0n) is 28.7. The number of aromatic nitrogens is 1.